The third-order valence-corrected chi connectivity index (χ3v) is 1.87. The largest absolute Gasteiger partial charge is 0.467 e. The SMILES string of the molecule is C=CCOCc1occc1CNCC. The van der Waals surface area contributed by atoms with Crippen molar-refractivity contribution in [2.24, 2.45) is 0 Å². The van der Waals surface area contributed by atoms with Gasteiger partial charge in [0.05, 0.1) is 12.9 Å². The van der Waals surface area contributed by atoms with Gasteiger partial charge in [0.2, 0.25) is 0 Å². The Hall–Kier alpha value is -1.06. The number of hydrogen-bond acceptors (Lipinski definition) is 3. The predicted octanol–water partition coefficient (Wildman–Crippen LogP) is 2.09. The molecule has 0 aliphatic carbocycles. The van der Waals surface area contributed by atoms with Gasteiger partial charge in [0.1, 0.15) is 12.4 Å². The molecule has 1 aromatic rings. The van der Waals surface area contributed by atoms with Crippen LogP contribution >= 0.6 is 0 Å². The summed E-state index contributed by atoms with van der Waals surface area (Å²) >= 11 is 0. The van der Waals surface area contributed by atoms with Gasteiger partial charge >= 0.3 is 0 Å². The molecule has 1 heterocycles. The standard InChI is InChI=1S/C11H17NO2/c1-3-6-13-9-11-10(5-7-14-11)8-12-4-2/h3,5,7,12H,1,4,6,8-9H2,2H3. The van der Waals surface area contributed by atoms with E-state index in [0.717, 1.165) is 24.4 Å². The van der Waals surface area contributed by atoms with Crippen LogP contribution in [-0.2, 0) is 17.9 Å². The highest BCUT2D eigenvalue weighted by Gasteiger charge is 2.04. The van der Waals surface area contributed by atoms with Gasteiger partial charge in [0.25, 0.3) is 0 Å². The minimum absolute atomic E-state index is 0.514. The van der Waals surface area contributed by atoms with Gasteiger partial charge in [-0.3, -0.25) is 0 Å². The van der Waals surface area contributed by atoms with E-state index in [1.54, 1.807) is 12.3 Å². The maximum Gasteiger partial charge on any atom is 0.133 e. The van der Waals surface area contributed by atoms with E-state index in [1.807, 2.05) is 6.07 Å². The molecule has 1 rings (SSSR count). The first-order valence-electron chi connectivity index (χ1n) is 4.83. The van der Waals surface area contributed by atoms with E-state index in [-0.39, 0.29) is 0 Å². The third kappa shape index (κ3) is 3.36. The summed E-state index contributed by atoms with van der Waals surface area (Å²) in [4.78, 5) is 0. The zero-order valence-electron chi connectivity index (χ0n) is 8.58. The minimum atomic E-state index is 0.514. The normalized spacial score (nSPS) is 10.4. The monoisotopic (exact) mass is 195 g/mol. The van der Waals surface area contributed by atoms with Gasteiger partial charge in [-0.05, 0) is 12.6 Å². The van der Waals surface area contributed by atoms with Crippen LogP contribution in [-0.4, -0.2) is 13.2 Å². The highest BCUT2D eigenvalue weighted by molar-refractivity contribution is 5.16. The average molecular weight is 195 g/mol. The highest BCUT2D eigenvalue weighted by atomic mass is 16.5. The second-order valence-corrected chi connectivity index (χ2v) is 2.95. The second-order valence-electron chi connectivity index (χ2n) is 2.95. The number of nitrogens with one attached hydrogen (secondary N) is 1. The van der Waals surface area contributed by atoms with Crippen molar-refractivity contribution in [1.82, 2.24) is 5.32 Å². The number of furan rings is 1. The van der Waals surface area contributed by atoms with Gasteiger partial charge in [-0.2, -0.15) is 0 Å². The molecule has 0 atom stereocenters. The van der Waals surface area contributed by atoms with E-state index in [9.17, 15) is 0 Å². The predicted molar refractivity (Wildman–Crippen MR) is 55.9 cm³/mol. The Labute approximate surface area is 84.8 Å². The zero-order valence-corrected chi connectivity index (χ0v) is 8.58. The fraction of sp³-hybridized carbons (Fsp3) is 0.455. The molecule has 0 aromatic carbocycles. The second kappa shape index (κ2) is 6.40. The van der Waals surface area contributed by atoms with E-state index in [2.05, 4.69) is 18.8 Å². The van der Waals surface area contributed by atoms with E-state index in [4.69, 9.17) is 9.15 Å². The van der Waals surface area contributed by atoms with Crippen molar-refractivity contribution in [1.29, 1.82) is 0 Å². The molecule has 0 aliphatic heterocycles. The Bertz CT molecular complexity index is 268. The summed E-state index contributed by atoms with van der Waals surface area (Å²) in [5.41, 5.74) is 1.16. The van der Waals surface area contributed by atoms with Gasteiger partial charge in [0, 0.05) is 12.1 Å². The summed E-state index contributed by atoms with van der Waals surface area (Å²) < 4.78 is 10.6. The molecule has 0 unspecified atom stereocenters. The number of hydrogen-bond donors (Lipinski definition) is 1. The lowest BCUT2D eigenvalue weighted by Crippen LogP contribution is -2.12. The van der Waals surface area contributed by atoms with Crippen LogP contribution in [0.25, 0.3) is 0 Å². The molecule has 0 saturated carbocycles. The molecule has 0 bridgehead atoms. The van der Waals surface area contributed by atoms with Crippen LogP contribution in [0.2, 0.25) is 0 Å². The summed E-state index contributed by atoms with van der Waals surface area (Å²) in [5.74, 6) is 0.896. The van der Waals surface area contributed by atoms with E-state index in [0.29, 0.717) is 13.2 Å². The summed E-state index contributed by atoms with van der Waals surface area (Å²) in [6, 6.07) is 1.97. The Morgan fingerprint density at radius 2 is 2.50 bits per heavy atom. The van der Waals surface area contributed by atoms with Crippen molar-refractivity contribution >= 4 is 0 Å². The molecular formula is C11H17NO2. The van der Waals surface area contributed by atoms with Crippen LogP contribution in [0.5, 0.6) is 0 Å². The van der Waals surface area contributed by atoms with Gasteiger partial charge in [0.15, 0.2) is 0 Å². The molecule has 1 N–H and O–H groups in total. The summed E-state index contributed by atoms with van der Waals surface area (Å²) in [6.45, 7) is 8.52. The van der Waals surface area contributed by atoms with Crippen molar-refractivity contribution in [3.05, 3.63) is 36.3 Å². The average Bonchev–Trinajstić information content (AvgIpc) is 2.63. The lowest BCUT2D eigenvalue weighted by molar-refractivity contribution is 0.130. The van der Waals surface area contributed by atoms with Gasteiger partial charge in [-0.25, -0.2) is 0 Å². The van der Waals surface area contributed by atoms with Gasteiger partial charge in [-0.1, -0.05) is 13.0 Å². The molecule has 0 fully saturated rings. The lowest BCUT2D eigenvalue weighted by Gasteiger charge is -2.03. The van der Waals surface area contributed by atoms with Crippen molar-refractivity contribution < 1.29 is 9.15 Å². The molecule has 0 amide bonds. The molecule has 14 heavy (non-hydrogen) atoms. The molecule has 0 aliphatic rings. The fourth-order valence-electron chi connectivity index (χ4n) is 1.15. The fourth-order valence-corrected chi connectivity index (χ4v) is 1.15. The van der Waals surface area contributed by atoms with E-state index < -0.39 is 0 Å². The van der Waals surface area contributed by atoms with Crippen molar-refractivity contribution in [3.8, 4) is 0 Å². The molecule has 0 saturated heterocycles. The van der Waals surface area contributed by atoms with Crippen LogP contribution in [0.1, 0.15) is 18.2 Å². The van der Waals surface area contributed by atoms with Gasteiger partial charge < -0.3 is 14.5 Å². The molecule has 78 valence electrons. The summed E-state index contributed by atoms with van der Waals surface area (Å²) in [6.07, 6.45) is 3.42. The molecular weight excluding hydrogens is 178 g/mol. The Kier molecular flexibility index (Phi) is 5.04. The highest BCUT2D eigenvalue weighted by Crippen LogP contribution is 2.11. The van der Waals surface area contributed by atoms with E-state index >= 15 is 0 Å². The maximum absolute atomic E-state index is 5.31. The first-order chi connectivity index (χ1) is 6.88. The zero-order chi connectivity index (χ0) is 10.2. The number of rotatable bonds is 7. The van der Waals surface area contributed by atoms with Crippen molar-refractivity contribution in [2.45, 2.75) is 20.1 Å². The third-order valence-electron chi connectivity index (χ3n) is 1.87. The van der Waals surface area contributed by atoms with Crippen LogP contribution < -0.4 is 5.32 Å². The maximum atomic E-state index is 5.31. The lowest BCUT2D eigenvalue weighted by atomic mass is 10.2. The molecule has 1 aromatic heterocycles. The van der Waals surface area contributed by atoms with Crippen molar-refractivity contribution in [2.75, 3.05) is 13.2 Å². The number of ether oxygens (including phenoxy) is 1. The smallest absolute Gasteiger partial charge is 0.133 e. The first kappa shape index (κ1) is 11.0. The van der Waals surface area contributed by atoms with Crippen LogP contribution in [0, 0.1) is 0 Å². The quantitative estimate of drug-likeness (QED) is 0.534. The molecule has 0 radical (unpaired) electrons. The minimum Gasteiger partial charge on any atom is -0.467 e. The molecule has 3 heteroatoms. The summed E-state index contributed by atoms with van der Waals surface area (Å²) in [5, 5.41) is 3.25. The Morgan fingerprint density at radius 3 is 3.21 bits per heavy atom. The van der Waals surface area contributed by atoms with Crippen molar-refractivity contribution in [3.63, 3.8) is 0 Å². The first-order valence-corrected chi connectivity index (χ1v) is 4.83. The van der Waals surface area contributed by atoms with E-state index in [1.165, 1.54) is 0 Å². The topological polar surface area (TPSA) is 34.4 Å². The Balaban J connectivity index is 2.40. The van der Waals surface area contributed by atoms with Gasteiger partial charge in [-0.15, -0.1) is 6.58 Å². The Morgan fingerprint density at radius 1 is 1.64 bits per heavy atom. The van der Waals surface area contributed by atoms with Crippen LogP contribution in [0.15, 0.2) is 29.4 Å². The summed E-state index contributed by atoms with van der Waals surface area (Å²) in [7, 11) is 0. The molecule has 3 nitrogen and oxygen atoms in total. The van der Waals surface area contributed by atoms with Crippen LogP contribution in [0.4, 0.5) is 0 Å². The molecule has 0 spiro atoms. The van der Waals surface area contributed by atoms with Crippen LogP contribution in [0.3, 0.4) is 0 Å².